The highest BCUT2D eigenvalue weighted by atomic mass is 14.5. The highest BCUT2D eigenvalue weighted by Gasteiger charge is 1.89. The molecule has 2 N–H and O–H groups in total. The van der Waals surface area contributed by atoms with Crippen molar-refractivity contribution in [2.24, 2.45) is 0 Å². The van der Waals surface area contributed by atoms with E-state index >= 15 is 0 Å². The van der Waals surface area contributed by atoms with Gasteiger partial charge in [0.05, 0.1) is 0 Å². The molecule has 0 atom stereocenters. The van der Waals surface area contributed by atoms with Gasteiger partial charge < -0.3 is 5.73 Å². The van der Waals surface area contributed by atoms with Crippen molar-refractivity contribution in [3.8, 4) is 0 Å². The summed E-state index contributed by atoms with van der Waals surface area (Å²) in [6, 6.07) is 16.0. The van der Waals surface area contributed by atoms with Gasteiger partial charge in [0, 0.05) is 5.69 Å². The van der Waals surface area contributed by atoms with Crippen LogP contribution < -0.4 is 5.73 Å². The van der Waals surface area contributed by atoms with Gasteiger partial charge in [-0.25, -0.2) is 0 Å². The molecule has 0 radical (unpaired) electrons. The fraction of sp³-hybridized carbons (Fsp3) is 0.200. The zero-order valence-electron chi connectivity index (χ0n) is 10.2. The van der Waals surface area contributed by atoms with Gasteiger partial charge in [-0.1, -0.05) is 42.0 Å². The van der Waals surface area contributed by atoms with Gasteiger partial charge in [0.25, 0.3) is 0 Å². The summed E-state index contributed by atoms with van der Waals surface area (Å²) < 4.78 is 0. The minimum absolute atomic E-state index is 0.822. The molecular formula is C15H19N. The normalized spacial score (nSPS) is 9.19. The van der Waals surface area contributed by atoms with Crippen LogP contribution in [-0.4, -0.2) is 0 Å². The van der Waals surface area contributed by atoms with Crippen LogP contribution in [0.3, 0.4) is 0 Å². The number of nitrogens with two attached hydrogens (primary N) is 1. The van der Waals surface area contributed by atoms with Crippen LogP contribution in [0, 0.1) is 20.8 Å². The maximum absolute atomic E-state index is 5.36. The molecule has 0 fully saturated rings. The summed E-state index contributed by atoms with van der Waals surface area (Å²) in [5.74, 6) is 0. The Balaban J connectivity index is 0.000000165. The summed E-state index contributed by atoms with van der Waals surface area (Å²) in [5, 5.41) is 0. The van der Waals surface area contributed by atoms with E-state index < -0.39 is 0 Å². The molecule has 0 bridgehead atoms. The lowest BCUT2D eigenvalue weighted by Gasteiger charge is -1.98. The lowest BCUT2D eigenvalue weighted by molar-refractivity contribution is 1.30. The zero-order valence-corrected chi connectivity index (χ0v) is 10.2. The van der Waals surface area contributed by atoms with Gasteiger partial charge in [0.1, 0.15) is 0 Å². The summed E-state index contributed by atoms with van der Waals surface area (Å²) in [5.41, 5.74) is 10.3. The van der Waals surface area contributed by atoms with Crippen LogP contribution in [0.5, 0.6) is 0 Å². The molecule has 0 saturated carbocycles. The van der Waals surface area contributed by atoms with Gasteiger partial charge in [-0.3, -0.25) is 0 Å². The molecular weight excluding hydrogens is 194 g/mol. The second-order valence-corrected chi connectivity index (χ2v) is 4.00. The fourth-order valence-corrected chi connectivity index (χ4v) is 1.34. The minimum Gasteiger partial charge on any atom is -0.399 e. The summed E-state index contributed by atoms with van der Waals surface area (Å²) in [6.45, 7) is 6.39. The standard InChI is InChI=1S/C9H12.C6H7N/c1-7-4-5-8(2)9(3)6-7;7-6-4-2-1-3-5-6/h4-6H,1-3H3;1-5H,7H2. The average molecular weight is 213 g/mol. The highest BCUT2D eigenvalue weighted by molar-refractivity contribution is 5.35. The molecule has 0 aliphatic rings. The minimum atomic E-state index is 0.822. The maximum atomic E-state index is 5.36. The molecule has 0 heterocycles. The second-order valence-electron chi connectivity index (χ2n) is 4.00. The van der Waals surface area contributed by atoms with Crippen molar-refractivity contribution in [3.05, 3.63) is 65.2 Å². The SMILES string of the molecule is Cc1ccc(C)c(C)c1.Nc1ccccc1. The van der Waals surface area contributed by atoms with Crippen molar-refractivity contribution in [1.82, 2.24) is 0 Å². The van der Waals surface area contributed by atoms with Crippen LogP contribution in [0.15, 0.2) is 48.5 Å². The zero-order chi connectivity index (χ0) is 12.0. The summed E-state index contributed by atoms with van der Waals surface area (Å²) in [6.07, 6.45) is 0. The predicted molar refractivity (Wildman–Crippen MR) is 71.5 cm³/mol. The Morgan fingerprint density at radius 3 is 1.75 bits per heavy atom. The summed E-state index contributed by atoms with van der Waals surface area (Å²) in [4.78, 5) is 0. The smallest absolute Gasteiger partial charge is 0.0313 e. The molecule has 2 aromatic rings. The first kappa shape index (κ1) is 12.3. The van der Waals surface area contributed by atoms with E-state index in [1.54, 1.807) is 0 Å². The number of hydrogen-bond donors (Lipinski definition) is 1. The third-order valence-corrected chi connectivity index (χ3v) is 2.46. The Morgan fingerprint density at radius 1 is 0.750 bits per heavy atom. The monoisotopic (exact) mass is 213 g/mol. The van der Waals surface area contributed by atoms with Crippen molar-refractivity contribution < 1.29 is 0 Å². The van der Waals surface area contributed by atoms with Crippen molar-refractivity contribution in [1.29, 1.82) is 0 Å². The molecule has 0 aliphatic carbocycles. The van der Waals surface area contributed by atoms with E-state index in [0.29, 0.717) is 0 Å². The summed E-state index contributed by atoms with van der Waals surface area (Å²) in [7, 11) is 0. The van der Waals surface area contributed by atoms with Crippen LogP contribution in [0.4, 0.5) is 5.69 Å². The third kappa shape index (κ3) is 4.18. The first-order chi connectivity index (χ1) is 7.59. The largest absolute Gasteiger partial charge is 0.399 e. The fourth-order valence-electron chi connectivity index (χ4n) is 1.34. The molecule has 2 aromatic carbocycles. The number of hydrogen-bond acceptors (Lipinski definition) is 1. The quantitative estimate of drug-likeness (QED) is 0.660. The molecule has 0 saturated heterocycles. The van der Waals surface area contributed by atoms with E-state index in [1.165, 1.54) is 16.7 Å². The first-order valence-electron chi connectivity index (χ1n) is 5.44. The highest BCUT2D eigenvalue weighted by Crippen LogP contribution is 2.07. The Labute approximate surface area is 97.9 Å². The van der Waals surface area contributed by atoms with E-state index in [0.717, 1.165) is 5.69 Å². The lowest BCUT2D eigenvalue weighted by atomic mass is 10.1. The molecule has 1 heteroatoms. The van der Waals surface area contributed by atoms with Gasteiger partial charge in [-0.2, -0.15) is 0 Å². The van der Waals surface area contributed by atoms with E-state index in [4.69, 9.17) is 5.73 Å². The number of nitrogen functional groups attached to an aromatic ring is 1. The van der Waals surface area contributed by atoms with Gasteiger partial charge in [0.2, 0.25) is 0 Å². The first-order valence-corrected chi connectivity index (χ1v) is 5.44. The molecule has 0 aliphatic heterocycles. The van der Waals surface area contributed by atoms with Crippen LogP contribution in [0.1, 0.15) is 16.7 Å². The molecule has 84 valence electrons. The van der Waals surface area contributed by atoms with Crippen LogP contribution in [0.2, 0.25) is 0 Å². The van der Waals surface area contributed by atoms with Gasteiger partial charge in [0.15, 0.2) is 0 Å². The third-order valence-electron chi connectivity index (χ3n) is 2.46. The molecule has 2 rings (SSSR count). The molecule has 0 aromatic heterocycles. The van der Waals surface area contributed by atoms with Crippen molar-refractivity contribution in [2.75, 3.05) is 5.73 Å². The summed E-state index contributed by atoms with van der Waals surface area (Å²) >= 11 is 0. The van der Waals surface area contributed by atoms with E-state index in [1.807, 2.05) is 30.3 Å². The number of benzene rings is 2. The Morgan fingerprint density at radius 2 is 1.38 bits per heavy atom. The van der Waals surface area contributed by atoms with E-state index in [9.17, 15) is 0 Å². The van der Waals surface area contributed by atoms with Crippen LogP contribution >= 0.6 is 0 Å². The Bertz CT molecular complexity index is 432. The van der Waals surface area contributed by atoms with Crippen molar-refractivity contribution in [2.45, 2.75) is 20.8 Å². The Kier molecular flexibility index (Phi) is 4.59. The molecule has 0 unspecified atom stereocenters. The van der Waals surface area contributed by atoms with Gasteiger partial charge in [-0.05, 0) is 44.0 Å². The number of anilines is 1. The topological polar surface area (TPSA) is 26.0 Å². The average Bonchev–Trinajstić information content (AvgIpc) is 2.26. The number of rotatable bonds is 0. The number of para-hydroxylation sites is 1. The predicted octanol–water partition coefficient (Wildman–Crippen LogP) is 3.88. The van der Waals surface area contributed by atoms with Gasteiger partial charge >= 0.3 is 0 Å². The molecule has 0 spiro atoms. The molecule has 0 amide bonds. The van der Waals surface area contributed by atoms with E-state index in [-0.39, 0.29) is 0 Å². The maximum Gasteiger partial charge on any atom is 0.0313 e. The molecule has 16 heavy (non-hydrogen) atoms. The lowest BCUT2D eigenvalue weighted by Crippen LogP contribution is -1.79. The molecule has 1 nitrogen and oxygen atoms in total. The number of aryl methyl sites for hydroxylation is 3. The van der Waals surface area contributed by atoms with Crippen LogP contribution in [-0.2, 0) is 0 Å². The van der Waals surface area contributed by atoms with Gasteiger partial charge in [-0.15, -0.1) is 0 Å². The Hall–Kier alpha value is -1.76. The van der Waals surface area contributed by atoms with Crippen molar-refractivity contribution >= 4 is 5.69 Å². The second kappa shape index (κ2) is 5.96. The van der Waals surface area contributed by atoms with Crippen LogP contribution in [0.25, 0.3) is 0 Å². The van der Waals surface area contributed by atoms with Crippen molar-refractivity contribution in [3.63, 3.8) is 0 Å². The van der Waals surface area contributed by atoms with E-state index in [2.05, 4.69) is 39.0 Å².